The first-order chi connectivity index (χ1) is 11.6. The lowest BCUT2D eigenvalue weighted by Crippen LogP contribution is -2.42. The molecule has 1 amide bonds. The number of nitrogens with one attached hydrogen (secondary N) is 1. The van der Waals surface area contributed by atoms with Crippen molar-refractivity contribution in [1.29, 1.82) is 0 Å². The van der Waals surface area contributed by atoms with Crippen molar-refractivity contribution in [2.24, 2.45) is 0 Å². The number of rotatable bonds is 6. The molecule has 1 aliphatic carbocycles. The number of aliphatic hydroxyl groups is 1. The zero-order chi connectivity index (χ0) is 16.8. The molecular weight excluding hydrogens is 302 g/mol. The van der Waals surface area contributed by atoms with Crippen molar-refractivity contribution < 1.29 is 14.6 Å². The summed E-state index contributed by atoms with van der Waals surface area (Å²) in [5, 5.41) is 13.0. The van der Waals surface area contributed by atoms with E-state index in [9.17, 15) is 9.90 Å². The molecule has 4 heteroatoms. The molecule has 2 N–H and O–H groups in total. The molecule has 4 nitrogen and oxygen atoms in total. The van der Waals surface area contributed by atoms with Crippen LogP contribution >= 0.6 is 0 Å². The first-order valence-electron chi connectivity index (χ1n) is 8.42. The van der Waals surface area contributed by atoms with Gasteiger partial charge in [0.2, 0.25) is 0 Å². The van der Waals surface area contributed by atoms with E-state index >= 15 is 0 Å². The van der Waals surface area contributed by atoms with Crippen LogP contribution in [0.2, 0.25) is 0 Å². The normalized spacial score (nSPS) is 15.9. The van der Waals surface area contributed by atoms with E-state index in [-0.39, 0.29) is 12.5 Å². The van der Waals surface area contributed by atoms with Crippen molar-refractivity contribution in [3.8, 4) is 16.9 Å². The molecule has 0 heterocycles. The molecule has 0 aromatic heterocycles. The van der Waals surface area contributed by atoms with Gasteiger partial charge in [-0.25, -0.2) is 0 Å². The predicted molar refractivity (Wildman–Crippen MR) is 93.8 cm³/mol. The summed E-state index contributed by atoms with van der Waals surface area (Å²) in [5.74, 6) is 0.451. The first kappa shape index (κ1) is 16.5. The second kappa shape index (κ2) is 7.49. The highest BCUT2D eigenvalue weighted by molar-refractivity contribution is 5.77. The fourth-order valence-electron chi connectivity index (χ4n) is 3.05. The summed E-state index contributed by atoms with van der Waals surface area (Å²) in [6.07, 6.45) is 3.57. The van der Waals surface area contributed by atoms with E-state index in [2.05, 4.69) is 17.4 Å². The maximum atomic E-state index is 11.9. The summed E-state index contributed by atoms with van der Waals surface area (Å²) in [6, 6.07) is 17.8. The van der Waals surface area contributed by atoms with Gasteiger partial charge in [0.25, 0.3) is 5.91 Å². The van der Waals surface area contributed by atoms with E-state index < -0.39 is 5.60 Å². The highest BCUT2D eigenvalue weighted by Crippen LogP contribution is 2.28. The van der Waals surface area contributed by atoms with Gasteiger partial charge in [-0.3, -0.25) is 4.79 Å². The summed E-state index contributed by atoms with van der Waals surface area (Å²) in [6.45, 7) is 0.267. The summed E-state index contributed by atoms with van der Waals surface area (Å²) >= 11 is 0. The van der Waals surface area contributed by atoms with Crippen molar-refractivity contribution in [2.45, 2.75) is 31.3 Å². The Balaban J connectivity index is 1.47. The number of ether oxygens (including phenoxy) is 1. The van der Waals surface area contributed by atoms with Crippen molar-refractivity contribution >= 4 is 5.91 Å². The molecule has 1 saturated carbocycles. The van der Waals surface area contributed by atoms with Crippen molar-refractivity contribution in [3.63, 3.8) is 0 Å². The first-order valence-corrected chi connectivity index (χ1v) is 8.42. The van der Waals surface area contributed by atoms with E-state index in [4.69, 9.17) is 4.74 Å². The van der Waals surface area contributed by atoms with Gasteiger partial charge < -0.3 is 15.2 Å². The van der Waals surface area contributed by atoms with Crippen molar-refractivity contribution in [3.05, 3.63) is 54.6 Å². The predicted octanol–water partition coefficient (Wildman–Crippen LogP) is 3.15. The Morgan fingerprint density at radius 2 is 1.62 bits per heavy atom. The number of benzene rings is 2. The van der Waals surface area contributed by atoms with Gasteiger partial charge in [0, 0.05) is 6.54 Å². The zero-order valence-electron chi connectivity index (χ0n) is 13.7. The van der Waals surface area contributed by atoms with Gasteiger partial charge in [-0.2, -0.15) is 0 Å². The lowest BCUT2D eigenvalue weighted by Gasteiger charge is -2.22. The van der Waals surface area contributed by atoms with Crippen LogP contribution in [0.4, 0.5) is 0 Å². The minimum atomic E-state index is -0.729. The third kappa shape index (κ3) is 4.36. The minimum absolute atomic E-state index is 0.0409. The summed E-state index contributed by atoms with van der Waals surface area (Å²) in [4.78, 5) is 11.9. The Morgan fingerprint density at radius 1 is 1.00 bits per heavy atom. The molecule has 0 aliphatic heterocycles. The third-order valence-electron chi connectivity index (χ3n) is 4.48. The van der Waals surface area contributed by atoms with Gasteiger partial charge in [-0.15, -0.1) is 0 Å². The van der Waals surface area contributed by atoms with Crippen LogP contribution in [0.5, 0.6) is 5.75 Å². The summed E-state index contributed by atoms with van der Waals surface area (Å²) in [7, 11) is 0. The number of carbonyl (C=O) groups is 1. The van der Waals surface area contributed by atoms with Crippen LogP contribution in [-0.4, -0.2) is 29.8 Å². The molecule has 0 saturated heterocycles. The average molecular weight is 325 g/mol. The lowest BCUT2D eigenvalue weighted by atomic mass is 10.0. The topological polar surface area (TPSA) is 58.6 Å². The van der Waals surface area contributed by atoms with Gasteiger partial charge >= 0.3 is 0 Å². The van der Waals surface area contributed by atoms with Crippen LogP contribution in [-0.2, 0) is 4.79 Å². The Labute approximate surface area is 142 Å². The van der Waals surface area contributed by atoms with Gasteiger partial charge in [0.05, 0.1) is 5.60 Å². The fraction of sp³-hybridized carbons (Fsp3) is 0.350. The Hall–Kier alpha value is -2.33. The van der Waals surface area contributed by atoms with Crippen LogP contribution < -0.4 is 10.1 Å². The molecule has 0 bridgehead atoms. The van der Waals surface area contributed by atoms with Gasteiger partial charge in [0.1, 0.15) is 5.75 Å². The molecule has 126 valence electrons. The van der Waals surface area contributed by atoms with Gasteiger partial charge in [0.15, 0.2) is 6.61 Å². The van der Waals surface area contributed by atoms with Crippen LogP contribution in [0.25, 0.3) is 11.1 Å². The Morgan fingerprint density at radius 3 is 2.29 bits per heavy atom. The van der Waals surface area contributed by atoms with Crippen molar-refractivity contribution in [1.82, 2.24) is 5.32 Å². The highest BCUT2D eigenvalue weighted by atomic mass is 16.5. The number of hydrogen-bond donors (Lipinski definition) is 2. The van der Waals surface area contributed by atoms with Gasteiger partial charge in [-0.1, -0.05) is 55.3 Å². The largest absolute Gasteiger partial charge is 0.484 e. The summed E-state index contributed by atoms with van der Waals surface area (Å²) in [5.41, 5.74) is 1.52. The molecule has 2 aromatic rings. The number of carbonyl (C=O) groups excluding carboxylic acids is 1. The Kier molecular flexibility index (Phi) is 5.16. The molecule has 24 heavy (non-hydrogen) atoms. The molecule has 1 aliphatic rings. The number of amides is 1. The standard InChI is InChI=1S/C20H23NO3/c22-19(21-15-20(23)12-4-5-13-20)14-24-18-10-8-17(9-11-18)16-6-2-1-3-7-16/h1-3,6-11,23H,4-5,12-15H2,(H,21,22). The molecule has 0 atom stereocenters. The maximum absolute atomic E-state index is 11.9. The molecule has 0 unspecified atom stereocenters. The van der Waals surface area contributed by atoms with Crippen LogP contribution in [0.3, 0.4) is 0 Å². The van der Waals surface area contributed by atoms with Gasteiger partial charge in [-0.05, 0) is 36.1 Å². The smallest absolute Gasteiger partial charge is 0.258 e. The van der Waals surface area contributed by atoms with Crippen LogP contribution in [0.15, 0.2) is 54.6 Å². The van der Waals surface area contributed by atoms with E-state index in [1.54, 1.807) is 0 Å². The third-order valence-corrected chi connectivity index (χ3v) is 4.48. The number of hydrogen-bond acceptors (Lipinski definition) is 3. The van der Waals surface area contributed by atoms with E-state index in [1.165, 1.54) is 0 Å². The van der Waals surface area contributed by atoms with Crippen LogP contribution in [0, 0.1) is 0 Å². The molecule has 2 aromatic carbocycles. The zero-order valence-corrected chi connectivity index (χ0v) is 13.7. The Bertz CT molecular complexity index is 661. The molecule has 0 spiro atoms. The summed E-state index contributed by atoms with van der Waals surface area (Å²) < 4.78 is 5.51. The second-order valence-corrected chi connectivity index (χ2v) is 6.39. The molecular formula is C20H23NO3. The van der Waals surface area contributed by atoms with Crippen LogP contribution in [0.1, 0.15) is 25.7 Å². The SMILES string of the molecule is O=C(COc1ccc(-c2ccccc2)cc1)NCC1(O)CCCC1. The van der Waals surface area contributed by atoms with E-state index in [0.29, 0.717) is 12.3 Å². The lowest BCUT2D eigenvalue weighted by molar-refractivity contribution is -0.124. The molecule has 3 rings (SSSR count). The quantitative estimate of drug-likeness (QED) is 0.858. The molecule has 0 radical (unpaired) electrons. The fourth-order valence-corrected chi connectivity index (χ4v) is 3.05. The minimum Gasteiger partial charge on any atom is -0.484 e. The van der Waals surface area contributed by atoms with Crippen molar-refractivity contribution in [2.75, 3.05) is 13.2 Å². The average Bonchev–Trinajstić information content (AvgIpc) is 3.06. The monoisotopic (exact) mass is 325 g/mol. The van der Waals surface area contributed by atoms with E-state index in [1.807, 2.05) is 42.5 Å². The molecule has 1 fully saturated rings. The second-order valence-electron chi connectivity index (χ2n) is 6.39. The van der Waals surface area contributed by atoms with E-state index in [0.717, 1.165) is 36.8 Å². The highest BCUT2D eigenvalue weighted by Gasteiger charge is 2.31. The maximum Gasteiger partial charge on any atom is 0.258 e.